The average molecular weight is 251 g/mol. The number of amides is 2. The lowest BCUT2D eigenvalue weighted by Crippen LogP contribution is -2.36. The van der Waals surface area contributed by atoms with E-state index in [1.807, 2.05) is 13.8 Å². The monoisotopic (exact) mass is 251 g/mol. The number of carbonyl (C=O) groups is 1. The molecule has 96 valence electrons. The van der Waals surface area contributed by atoms with E-state index < -0.39 is 18.8 Å². The van der Waals surface area contributed by atoms with Gasteiger partial charge in [0.05, 0.1) is 6.20 Å². The number of aromatic nitrogens is 3. The summed E-state index contributed by atoms with van der Waals surface area (Å²) in [6.45, 7) is 2.31. The highest BCUT2D eigenvalue weighted by Gasteiger charge is 2.27. The van der Waals surface area contributed by atoms with Crippen molar-refractivity contribution in [2.45, 2.75) is 26.1 Å². The molecule has 0 aliphatic carbocycles. The number of urea groups is 1. The maximum atomic E-state index is 11.8. The first-order chi connectivity index (χ1) is 7.78. The molecule has 17 heavy (non-hydrogen) atoms. The van der Waals surface area contributed by atoms with E-state index in [1.54, 1.807) is 5.32 Å². The molecule has 6 nitrogen and oxygen atoms in total. The highest BCUT2D eigenvalue weighted by Crippen LogP contribution is 2.12. The summed E-state index contributed by atoms with van der Waals surface area (Å²) in [4.78, 5) is 11.0. The van der Waals surface area contributed by atoms with Crippen LogP contribution in [0.2, 0.25) is 0 Å². The minimum atomic E-state index is -4.44. The van der Waals surface area contributed by atoms with Gasteiger partial charge in [0.1, 0.15) is 6.54 Å². The summed E-state index contributed by atoms with van der Waals surface area (Å²) in [6.07, 6.45) is -3.01. The minimum Gasteiger partial charge on any atom is -0.329 e. The smallest absolute Gasteiger partial charge is 0.329 e. The van der Waals surface area contributed by atoms with Crippen molar-refractivity contribution in [3.05, 3.63) is 6.20 Å². The lowest BCUT2D eigenvalue weighted by molar-refractivity contribution is -0.122. The van der Waals surface area contributed by atoms with Crippen LogP contribution in [0.15, 0.2) is 6.20 Å². The molecule has 1 aromatic heterocycles. The Kier molecular flexibility index (Phi) is 3.92. The first kappa shape index (κ1) is 13.3. The molecule has 0 saturated heterocycles. The summed E-state index contributed by atoms with van der Waals surface area (Å²) in [7, 11) is 0. The van der Waals surface area contributed by atoms with Crippen molar-refractivity contribution in [2.75, 3.05) is 11.9 Å². The van der Waals surface area contributed by atoms with E-state index in [0.29, 0.717) is 0 Å². The predicted molar refractivity (Wildman–Crippen MR) is 53.5 cm³/mol. The Balaban J connectivity index is 2.45. The van der Waals surface area contributed by atoms with E-state index in [2.05, 4.69) is 15.6 Å². The normalized spacial score (nSPS) is 11.6. The molecular weight excluding hydrogens is 239 g/mol. The summed E-state index contributed by atoms with van der Waals surface area (Å²) in [5.74, 6) is 0.0957. The van der Waals surface area contributed by atoms with E-state index in [0.717, 1.165) is 0 Å². The Hall–Kier alpha value is -1.80. The van der Waals surface area contributed by atoms with Crippen LogP contribution < -0.4 is 10.6 Å². The highest BCUT2D eigenvalue weighted by molar-refractivity contribution is 5.87. The molecule has 2 amide bonds. The number of halogens is 3. The SMILES string of the molecule is CC(C)n1cc(NC(=O)NCC(F)(F)F)nn1. The Morgan fingerprint density at radius 3 is 2.65 bits per heavy atom. The Bertz CT molecular complexity index is 387. The molecule has 0 bridgehead atoms. The van der Waals surface area contributed by atoms with Gasteiger partial charge in [-0.15, -0.1) is 5.10 Å². The van der Waals surface area contributed by atoms with Gasteiger partial charge in [-0.3, -0.25) is 5.32 Å². The van der Waals surface area contributed by atoms with Gasteiger partial charge < -0.3 is 5.32 Å². The van der Waals surface area contributed by atoms with Crippen molar-refractivity contribution < 1.29 is 18.0 Å². The second kappa shape index (κ2) is 5.02. The van der Waals surface area contributed by atoms with E-state index in [-0.39, 0.29) is 11.9 Å². The largest absolute Gasteiger partial charge is 0.405 e. The minimum absolute atomic E-state index is 0.0521. The second-order valence-corrected chi connectivity index (χ2v) is 3.60. The van der Waals surface area contributed by atoms with Crippen molar-refractivity contribution >= 4 is 11.8 Å². The fourth-order valence-electron chi connectivity index (χ4n) is 0.927. The summed E-state index contributed by atoms with van der Waals surface area (Å²) < 4.78 is 36.8. The molecule has 1 aromatic rings. The Labute approximate surface area is 95.2 Å². The third kappa shape index (κ3) is 4.70. The van der Waals surface area contributed by atoms with Crippen molar-refractivity contribution in [1.29, 1.82) is 0 Å². The zero-order valence-corrected chi connectivity index (χ0v) is 9.25. The van der Waals surface area contributed by atoms with Crippen LogP contribution in [-0.4, -0.2) is 33.7 Å². The number of hydrogen-bond donors (Lipinski definition) is 2. The molecule has 0 atom stereocenters. The molecule has 0 unspecified atom stereocenters. The fraction of sp³-hybridized carbons (Fsp3) is 0.625. The van der Waals surface area contributed by atoms with Gasteiger partial charge in [0.15, 0.2) is 5.82 Å². The van der Waals surface area contributed by atoms with Crippen LogP contribution >= 0.6 is 0 Å². The molecule has 1 heterocycles. The first-order valence-corrected chi connectivity index (χ1v) is 4.81. The molecule has 0 aliphatic rings. The maximum Gasteiger partial charge on any atom is 0.405 e. The van der Waals surface area contributed by atoms with E-state index in [1.165, 1.54) is 10.9 Å². The number of nitrogens with one attached hydrogen (secondary N) is 2. The average Bonchev–Trinajstić information content (AvgIpc) is 2.62. The molecule has 0 saturated carbocycles. The molecule has 9 heteroatoms. The summed E-state index contributed by atoms with van der Waals surface area (Å²) in [5, 5.41) is 11.1. The van der Waals surface area contributed by atoms with E-state index >= 15 is 0 Å². The number of rotatable bonds is 3. The van der Waals surface area contributed by atoms with Gasteiger partial charge in [0, 0.05) is 6.04 Å². The fourth-order valence-corrected chi connectivity index (χ4v) is 0.927. The Morgan fingerprint density at radius 1 is 1.53 bits per heavy atom. The standard InChI is InChI=1S/C8H12F3N5O/c1-5(2)16-3-6(14-15-16)13-7(17)12-4-8(9,10)11/h3,5H,4H2,1-2H3,(H2,12,13,17). The topological polar surface area (TPSA) is 71.8 Å². The van der Waals surface area contributed by atoms with Crippen molar-refractivity contribution in [2.24, 2.45) is 0 Å². The van der Waals surface area contributed by atoms with Crippen LogP contribution in [0.3, 0.4) is 0 Å². The van der Waals surface area contributed by atoms with Crippen molar-refractivity contribution in [3.8, 4) is 0 Å². The van der Waals surface area contributed by atoms with Gasteiger partial charge in [-0.2, -0.15) is 13.2 Å². The van der Waals surface area contributed by atoms with Gasteiger partial charge in [-0.1, -0.05) is 5.21 Å². The van der Waals surface area contributed by atoms with Crippen LogP contribution in [0, 0.1) is 0 Å². The van der Waals surface area contributed by atoms with Gasteiger partial charge in [-0.05, 0) is 13.8 Å². The number of carbonyl (C=O) groups excluding carboxylic acids is 1. The number of nitrogens with zero attached hydrogens (tertiary/aromatic N) is 3. The van der Waals surface area contributed by atoms with Crippen LogP contribution in [0.25, 0.3) is 0 Å². The lowest BCUT2D eigenvalue weighted by atomic mass is 10.4. The Morgan fingerprint density at radius 2 is 2.18 bits per heavy atom. The van der Waals surface area contributed by atoms with Crippen LogP contribution in [0.1, 0.15) is 19.9 Å². The molecule has 0 fully saturated rings. The quantitative estimate of drug-likeness (QED) is 0.856. The summed E-state index contributed by atoms with van der Waals surface area (Å²) in [5.41, 5.74) is 0. The van der Waals surface area contributed by atoms with Crippen LogP contribution in [0.4, 0.5) is 23.8 Å². The molecular formula is C8H12F3N5O. The highest BCUT2D eigenvalue weighted by atomic mass is 19.4. The van der Waals surface area contributed by atoms with E-state index in [4.69, 9.17) is 0 Å². The maximum absolute atomic E-state index is 11.8. The summed E-state index contributed by atoms with van der Waals surface area (Å²) in [6, 6.07) is -0.922. The number of anilines is 1. The lowest BCUT2D eigenvalue weighted by Gasteiger charge is -2.07. The molecule has 0 aromatic carbocycles. The van der Waals surface area contributed by atoms with Crippen LogP contribution in [-0.2, 0) is 0 Å². The third-order valence-corrected chi connectivity index (χ3v) is 1.73. The number of hydrogen-bond acceptors (Lipinski definition) is 3. The molecule has 0 radical (unpaired) electrons. The molecule has 1 rings (SSSR count). The molecule has 2 N–H and O–H groups in total. The second-order valence-electron chi connectivity index (χ2n) is 3.60. The zero-order valence-electron chi connectivity index (χ0n) is 9.25. The van der Waals surface area contributed by atoms with Crippen molar-refractivity contribution in [3.63, 3.8) is 0 Å². The van der Waals surface area contributed by atoms with Crippen LogP contribution in [0.5, 0.6) is 0 Å². The van der Waals surface area contributed by atoms with Crippen molar-refractivity contribution in [1.82, 2.24) is 20.3 Å². The zero-order chi connectivity index (χ0) is 13.1. The third-order valence-electron chi connectivity index (χ3n) is 1.73. The van der Waals surface area contributed by atoms with Gasteiger partial charge in [-0.25, -0.2) is 9.48 Å². The number of alkyl halides is 3. The molecule has 0 spiro atoms. The van der Waals surface area contributed by atoms with Gasteiger partial charge >= 0.3 is 12.2 Å². The van der Waals surface area contributed by atoms with E-state index in [9.17, 15) is 18.0 Å². The van der Waals surface area contributed by atoms with Gasteiger partial charge in [0.2, 0.25) is 0 Å². The van der Waals surface area contributed by atoms with Gasteiger partial charge in [0.25, 0.3) is 0 Å². The molecule has 0 aliphatic heterocycles. The first-order valence-electron chi connectivity index (χ1n) is 4.81. The summed E-state index contributed by atoms with van der Waals surface area (Å²) >= 11 is 0. The predicted octanol–water partition coefficient (Wildman–Crippen LogP) is 1.54.